The fourth-order valence-electron chi connectivity index (χ4n) is 3.41. The highest BCUT2D eigenvalue weighted by molar-refractivity contribution is 5.79. The lowest BCUT2D eigenvalue weighted by molar-refractivity contribution is -0.00501. The van der Waals surface area contributed by atoms with Crippen molar-refractivity contribution in [2.45, 2.75) is 58.2 Å². The smallest absolute Gasteiger partial charge is 0.191 e. The van der Waals surface area contributed by atoms with Gasteiger partial charge >= 0.3 is 0 Å². The van der Waals surface area contributed by atoms with E-state index in [1.165, 1.54) is 5.56 Å². The highest BCUT2D eigenvalue weighted by Crippen LogP contribution is 2.26. The first-order valence-electron chi connectivity index (χ1n) is 10.1. The van der Waals surface area contributed by atoms with E-state index in [1.807, 2.05) is 7.05 Å². The third kappa shape index (κ3) is 6.38. The number of hydrogen-bond acceptors (Lipinski definition) is 4. The second kappa shape index (κ2) is 9.61. The number of ether oxygens (including phenoxy) is 2. The summed E-state index contributed by atoms with van der Waals surface area (Å²) < 4.78 is 11.7. The van der Waals surface area contributed by atoms with E-state index in [0.29, 0.717) is 6.54 Å². The first kappa shape index (κ1) is 22.5. The van der Waals surface area contributed by atoms with Gasteiger partial charge < -0.3 is 25.0 Å². The maximum atomic E-state index is 6.16. The highest BCUT2D eigenvalue weighted by atomic mass is 16.5. The molecule has 0 spiro atoms. The number of nitrogens with one attached hydrogen (secondary N) is 2. The van der Waals surface area contributed by atoms with Crippen LogP contribution in [0.2, 0.25) is 0 Å². The number of hydrogen-bond donors (Lipinski definition) is 2. The van der Waals surface area contributed by atoms with Crippen LogP contribution in [0.25, 0.3) is 0 Å². The number of benzene rings is 1. The molecule has 1 aliphatic heterocycles. The highest BCUT2D eigenvalue weighted by Gasteiger charge is 2.34. The molecule has 6 heteroatoms. The summed E-state index contributed by atoms with van der Waals surface area (Å²) in [7, 11) is 6.10. The Bertz CT molecular complexity index is 659. The molecule has 1 fully saturated rings. The third-order valence-corrected chi connectivity index (χ3v) is 5.27. The van der Waals surface area contributed by atoms with Crippen LogP contribution in [-0.4, -0.2) is 62.9 Å². The van der Waals surface area contributed by atoms with Gasteiger partial charge in [0.25, 0.3) is 0 Å². The standard InChI is InChI=1S/C22H38N4O2/c1-17-8-9-18(19(14-17)28-21(2,3)4)15-24-20(23-5)25-16-22(26(6)7)10-12-27-13-11-22/h8-9,14H,10-13,15-16H2,1-7H3,(H2,23,24,25). The molecule has 6 nitrogen and oxygen atoms in total. The van der Waals surface area contributed by atoms with E-state index >= 15 is 0 Å². The van der Waals surface area contributed by atoms with Crippen LogP contribution in [0, 0.1) is 6.92 Å². The van der Waals surface area contributed by atoms with Gasteiger partial charge in [-0.25, -0.2) is 0 Å². The second-order valence-electron chi connectivity index (χ2n) is 8.84. The summed E-state index contributed by atoms with van der Waals surface area (Å²) in [6.07, 6.45) is 2.04. The van der Waals surface area contributed by atoms with E-state index in [1.54, 1.807) is 0 Å². The van der Waals surface area contributed by atoms with Gasteiger partial charge in [0.05, 0.1) is 0 Å². The van der Waals surface area contributed by atoms with Crippen LogP contribution in [0.3, 0.4) is 0 Å². The predicted molar refractivity (Wildman–Crippen MR) is 116 cm³/mol. The zero-order valence-corrected chi connectivity index (χ0v) is 18.7. The van der Waals surface area contributed by atoms with Crippen LogP contribution in [0.4, 0.5) is 0 Å². The predicted octanol–water partition coefficient (Wildman–Crippen LogP) is 2.95. The number of aliphatic imine (C=N–C) groups is 1. The number of nitrogens with zero attached hydrogens (tertiary/aromatic N) is 2. The van der Waals surface area contributed by atoms with Crippen molar-refractivity contribution in [1.82, 2.24) is 15.5 Å². The van der Waals surface area contributed by atoms with E-state index < -0.39 is 0 Å². The largest absolute Gasteiger partial charge is 0.488 e. The fourth-order valence-corrected chi connectivity index (χ4v) is 3.41. The summed E-state index contributed by atoms with van der Waals surface area (Å²) in [5.41, 5.74) is 2.18. The van der Waals surface area contributed by atoms with Crippen LogP contribution < -0.4 is 15.4 Å². The third-order valence-electron chi connectivity index (χ3n) is 5.27. The zero-order valence-electron chi connectivity index (χ0n) is 18.7. The molecular weight excluding hydrogens is 352 g/mol. The van der Waals surface area contributed by atoms with Crippen molar-refractivity contribution in [1.29, 1.82) is 0 Å². The molecule has 28 heavy (non-hydrogen) atoms. The Morgan fingerprint density at radius 1 is 1.21 bits per heavy atom. The average molecular weight is 391 g/mol. The fraction of sp³-hybridized carbons (Fsp3) is 0.682. The Kier molecular flexibility index (Phi) is 7.72. The Hall–Kier alpha value is -1.79. The molecule has 0 atom stereocenters. The molecule has 1 heterocycles. The van der Waals surface area contributed by atoms with Crippen molar-refractivity contribution in [3.63, 3.8) is 0 Å². The number of likely N-dealkylation sites (N-methyl/N-ethyl adjacent to an activating group) is 1. The molecule has 0 aliphatic carbocycles. The van der Waals surface area contributed by atoms with Crippen LogP contribution in [0.1, 0.15) is 44.7 Å². The van der Waals surface area contributed by atoms with Gasteiger partial charge in [-0.05, 0) is 66.3 Å². The number of guanidine groups is 1. The quantitative estimate of drug-likeness (QED) is 0.578. The molecule has 2 rings (SSSR count). The lowest BCUT2D eigenvalue weighted by Crippen LogP contribution is -2.57. The molecule has 1 aliphatic rings. The second-order valence-corrected chi connectivity index (χ2v) is 8.84. The summed E-state index contributed by atoms with van der Waals surface area (Å²) in [6, 6.07) is 6.34. The van der Waals surface area contributed by atoms with Crippen molar-refractivity contribution in [3.05, 3.63) is 29.3 Å². The minimum atomic E-state index is -0.233. The summed E-state index contributed by atoms with van der Waals surface area (Å²) in [5.74, 6) is 1.72. The Morgan fingerprint density at radius 3 is 2.46 bits per heavy atom. The average Bonchev–Trinajstić information content (AvgIpc) is 2.62. The van der Waals surface area contributed by atoms with Gasteiger partial charge in [-0.2, -0.15) is 0 Å². The minimum absolute atomic E-state index is 0.0975. The van der Waals surface area contributed by atoms with Gasteiger partial charge in [-0.1, -0.05) is 12.1 Å². The lowest BCUT2D eigenvalue weighted by atomic mass is 9.88. The maximum Gasteiger partial charge on any atom is 0.191 e. The van der Waals surface area contributed by atoms with Crippen molar-refractivity contribution < 1.29 is 9.47 Å². The van der Waals surface area contributed by atoms with Crippen LogP contribution in [0.5, 0.6) is 5.75 Å². The van der Waals surface area contributed by atoms with E-state index in [9.17, 15) is 0 Å². The number of aryl methyl sites for hydroxylation is 1. The van der Waals surface area contributed by atoms with Crippen LogP contribution in [-0.2, 0) is 11.3 Å². The number of rotatable bonds is 6. The Morgan fingerprint density at radius 2 is 1.89 bits per heavy atom. The first-order chi connectivity index (χ1) is 13.1. The molecule has 1 aromatic carbocycles. The Balaban J connectivity index is 2.01. The van der Waals surface area contributed by atoms with Crippen molar-refractivity contribution >= 4 is 5.96 Å². The van der Waals surface area contributed by atoms with Crippen molar-refractivity contribution in [2.75, 3.05) is 40.9 Å². The molecule has 0 unspecified atom stereocenters. The van der Waals surface area contributed by atoms with Crippen LogP contribution >= 0.6 is 0 Å². The zero-order chi connectivity index (χ0) is 20.8. The minimum Gasteiger partial charge on any atom is -0.488 e. The van der Waals surface area contributed by atoms with Gasteiger partial charge in [0, 0.05) is 44.5 Å². The maximum absolute atomic E-state index is 6.16. The molecule has 2 N–H and O–H groups in total. The molecule has 0 saturated carbocycles. The summed E-state index contributed by atoms with van der Waals surface area (Å²) in [6.45, 7) is 11.4. The molecule has 158 valence electrons. The SMILES string of the molecule is CN=C(NCc1ccc(C)cc1OC(C)(C)C)NCC1(N(C)C)CCOCC1. The van der Waals surface area contributed by atoms with Crippen molar-refractivity contribution in [2.24, 2.45) is 4.99 Å². The van der Waals surface area contributed by atoms with Crippen molar-refractivity contribution in [3.8, 4) is 5.75 Å². The molecule has 0 amide bonds. The van der Waals surface area contributed by atoms with Crippen LogP contribution in [0.15, 0.2) is 23.2 Å². The summed E-state index contributed by atoms with van der Waals surface area (Å²) in [5, 5.41) is 6.95. The molecule has 0 aromatic heterocycles. The lowest BCUT2D eigenvalue weighted by Gasteiger charge is -2.43. The van der Waals surface area contributed by atoms with Gasteiger partial charge in [-0.3, -0.25) is 4.99 Å². The van der Waals surface area contributed by atoms with Gasteiger partial charge in [0.15, 0.2) is 5.96 Å². The van der Waals surface area contributed by atoms with E-state index in [2.05, 4.69) is 80.5 Å². The normalized spacial score (nSPS) is 17.5. The summed E-state index contributed by atoms with van der Waals surface area (Å²) >= 11 is 0. The molecule has 0 bridgehead atoms. The van der Waals surface area contributed by atoms with Gasteiger partial charge in [-0.15, -0.1) is 0 Å². The molecule has 0 radical (unpaired) electrons. The van der Waals surface area contributed by atoms with E-state index in [4.69, 9.17) is 9.47 Å². The monoisotopic (exact) mass is 390 g/mol. The Labute approximate surface area is 170 Å². The van der Waals surface area contributed by atoms with Gasteiger partial charge in [0.1, 0.15) is 11.4 Å². The molecule has 1 saturated heterocycles. The van der Waals surface area contributed by atoms with E-state index in [0.717, 1.165) is 49.9 Å². The molecular formula is C22H38N4O2. The van der Waals surface area contributed by atoms with Gasteiger partial charge in [0.2, 0.25) is 0 Å². The first-order valence-corrected chi connectivity index (χ1v) is 10.1. The molecule has 1 aromatic rings. The summed E-state index contributed by atoms with van der Waals surface area (Å²) in [4.78, 5) is 6.71. The van der Waals surface area contributed by atoms with E-state index in [-0.39, 0.29) is 11.1 Å². The topological polar surface area (TPSA) is 58.1 Å².